The molecule has 0 radical (unpaired) electrons. The average Bonchev–Trinajstić information content (AvgIpc) is 2.64. The molecular weight excluding hydrogens is 383 g/mol. The molecule has 0 aromatic carbocycles. The van der Waals surface area contributed by atoms with E-state index in [1.165, 1.54) is 77.0 Å². The van der Waals surface area contributed by atoms with Gasteiger partial charge in [-0.1, -0.05) is 77.0 Å². The summed E-state index contributed by atoms with van der Waals surface area (Å²) >= 11 is 8.44. The molecule has 0 aromatic rings. The number of thiol groups is 2. The summed E-state index contributed by atoms with van der Waals surface area (Å²) < 4.78 is 22.1. The first-order chi connectivity index (χ1) is 12.8. The predicted octanol–water partition coefficient (Wildman–Crippen LogP) is 7.78. The first-order valence-electron chi connectivity index (χ1n) is 10.8. The molecule has 0 aliphatic carbocycles. The van der Waals surface area contributed by atoms with Crippen molar-refractivity contribution >= 4 is 33.5 Å². The molecule has 0 amide bonds. The summed E-state index contributed by atoms with van der Waals surface area (Å²) in [5, 5.41) is 0. The molecule has 0 aromatic heterocycles. The maximum Gasteiger partial charge on any atom is 0.697 e. The van der Waals surface area contributed by atoms with Crippen LogP contribution in [0.15, 0.2) is 0 Å². The summed E-state index contributed by atoms with van der Waals surface area (Å²) in [6, 6.07) is 0. The number of rotatable bonds is 22. The largest absolute Gasteiger partial charge is 0.697 e. The van der Waals surface area contributed by atoms with Gasteiger partial charge in [0.05, 0.1) is 0 Å². The minimum Gasteiger partial charge on any atom is -0.179 e. The van der Waals surface area contributed by atoms with Crippen molar-refractivity contribution < 1.29 is 13.6 Å². The van der Waals surface area contributed by atoms with Crippen LogP contribution in [-0.2, 0) is 13.6 Å². The van der Waals surface area contributed by atoms with Crippen LogP contribution in [0.1, 0.15) is 103 Å². The van der Waals surface area contributed by atoms with E-state index in [0.717, 1.165) is 37.2 Å². The topological polar surface area (TPSA) is 35.5 Å². The van der Waals surface area contributed by atoms with Crippen LogP contribution in [0.4, 0.5) is 0 Å². The second-order valence-corrected chi connectivity index (χ2v) is 8.85. The zero-order chi connectivity index (χ0) is 19.1. The highest BCUT2D eigenvalue weighted by Crippen LogP contribution is 2.25. The molecule has 0 aliphatic heterocycles. The Labute approximate surface area is 174 Å². The van der Waals surface area contributed by atoms with Crippen molar-refractivity contribution in [1.29, 1.82) is 0 Å². The molecule has 26 heavy (non-hydrogen) atoms. The molecule has 0 spiro atoms. The van der Waals surface area contributed by atoms with E-state index in [-0.39, 0.29) is 0 Å². The summed E-state index contributed by atoms with van der Waals surface area (Å²) in [5.41, 5.74) is 0. The predicted molar refractivity (Wildman–Crippen MR) is 121 cm³/mol. The van der Waals surface area contributed by atoms with Crippen molar-refractivity contribution in [3.05, 3.63) is 0 Å². The van der Waals surface area contributed by atoms with Gasteiger partial charge in [-0.2, -0.15) is 25.3 Å². The van der Waals surface area contributed by atoms with Gasteiger partial charge in [-0.05, 0) is 37.2 Å². The van der Waals surface area contributed by atoms with Gasteiger partial charge < -0.3 is 0 Å². The van der Waals surface area contributed by atoms with Crippen LogP contribution >= 0.6 is 33.5 Å². The lowest BCUT2D eigenvalue weighted by Gasteiger charge is -2.00. The van der Waals surface area contributed by atoms with Crippen LogP contribution in [0.3, 0.4) is 0 Å². The molecule has 3 nitrogen and oxygen atoms in total. The third kappa shape index (κ3) is 22.8. The Morgan fingerprint density at radius 3 is 1.04 bits per heavy atom. The quantitative estimate of drug-likeness (QED) is 0.106. The van der Waals surface area contributed by atoms with E-state index in [4.69, 9.17) is 9.05 Å². The van der Waals surface area contributed by atoms with E-state index in [1.54, 1.807) is 0 Å². The Hall–Kier alpha value is 0.720. The lowest BCUT2D eigenvalue weighted by Crippen LogP contribution is -1.92. The minimum absolute atomic E-state index is 0.557. The first-order valence-corrected chi connectivity index (χ1v) is 13.1. The first kappa shape index (κ1) is 26.7. The Morgan fingerprint density at radius 2 is 0.731 bits per heavy atom. The number of hydrogen-bond acceptors (Lipinski definition) is 5. The Bertz CT molecular complexity index is 268. The monoisotopic (exact) mass is 425 g/mol. The van der Waals surface area contributed by atoms with Gasteiger partial charge in [0.15, 0.2) is 0 Å². The smallest absolute Gasteiger partial charge is 0.179 e. The van der Waals surface area contributed by atoms with E-state index >= 15 is 0 Å². The van der Waals surface area contributed by atoms with Gasteiger partial charge in [0, 0.05) is 4.57 Å². The summed E-state index contributed by atoms with van der Waals surface area (Å²) in [5.74, 6) is 2.02. The van der Waals surface area contributed by atoms with Gasteiger partial charge in [-0.25, -0.2) is 0 Å². The molecule has 0 rings (SSSR count). The standard InChI is InChI=1S/C20H41O3PS2/c21-24(22-17-13-9-5-1-3-7-11-15-19-25)23-18-14-10-6-2-4-8-12-16-20-26/h1-20H2,(H-,25,26)/p+1. The van der Waals surface area contributed by atoms with Crippen LogP contribution in [0.5, 0.6) is 0 Å². The highest BCUT2D eigenvalue weighted by Gasteiger charge is 2.18. The van der Waals surface area contributed by atoms with Crippen LogP contribution < -0.4 is 0 Å². The second-order valence-electron chi connectivity index (χ2n) is 6.99. The second kappa shape index (κ2) is 23.8. The van der Waals surface area contributed by atoms with E-state index in [9.17, 15) is 4.57 Å². The van der Waals surface area contributed by atoms with Crippen molar-refractivity contribution in [3.8, 4) is 0 Å². The van der Waals surface area contributed by atoms with Crippen molar-refractivity contribution in [1.82, 2.24) is 0 Å². The molecule has 0 unspecified atom stereocenters. The molecule has 0 N–H and O–H groups in total. The van der Waals surface area contributed by atoms with Crippen molar-refractivity contribution in [2.24, 2.45) is 0 Å². The number of unbranched alkanes of at least 4 members (excludes halogenated alkanes) is 14. The highest BCUT2D eigenvalue weighted by molar-refractivity contribution is 7.80. The zero-order valence-electron chi connectivity index (χ0n) is 16.7. The maximum atomic E-state index is 11.6. The van der Waals surface area contributed by atoms with Gasteiger partial charge in [0.2, 0.25) is 0 Å². The zero-order valence-corrected chi connectivity index (χ0v) is 19.4. The van der Waals surface area contributed by atoms with Crippen LogP contribution in [-0.4, -0.2) is 24.7 Å². The molecular formula is C20H42O3PS2+. The normalized spacial score (nSPS) is 11.2. The lowest BCUT2D eigenvalue weighted by atomic mass is 10.1. The lowest BCUT2D eigenvalue weighted by molar-refractivity contribution is 0.218. The fourth-order valence-electron chi connectivity index (χ4n) is 2.86. The fourth-order valence-corrected chi connectivity index (χ4v) is 3.94. The maximum absolute atomic E-state index is 11.6. The molecule has 0 heterocycles. The molecule has 6 heteroatoms. The van der Waals surface area contributed by atoms with Gasteiger partial charge >= 0.3 is 8.25 Å². The van der Waals surface area contributed by atoms with Crippen LogP contribution in [0.25, 0.3) is 0 Å². The highest BCUT2D eigenvalue weighted by atomic mass is 32.1. The Balaban J connectivity index is 3.13. The molecule has 156 valence electrons. The molecule has 0 atom stereocenters. The van der Waals surface area contributed by atoms with Crippen LogP contribution in [0.2, 0.25) is 0 Å². The summed E-state index contributed by atoms with van der Waals surface area (Å²) in [6.45, 7) is 1.11. The van der Waals surface area contributed by atoms with Gasteiger partial charge in [-0.15, -0.1) is 9.05 Å². The molecule has 0 aliphatic rings. The molecule has 0 saturated carbocycles. The van der Waals surface area contributed by atoms with Crippen LogP contribution in [0, 0.1) is 0 Å². The number of hydrogen-bond donors (Lipinski definition) is 2. The molecule has 0 saturated heterocycles. The third-order valence-corrected chi connectivity index (χ3v) is 5.92. The average molecular weight is 426 g/mol. The van der Waals surface area contributed by atoms with E-state index in [0.29, 0.717) is 13.2 Å². The summed E-state index contributed by atoms with van der Waals surface area (Å²) in [4.78, 5) is 0. The Morgan fingerprint density at radius 1 is 0.462 bits per heavy atom. The third-order valence-electron chi connectivity index (χ3n) is 4.50. The minimum atomic E-state index is -1.91. The summed E-state index contributed by atoms with van der Waals surface area (Å²) in [6.07, 6.45) is 19.7. The van der Waals surface area contributed by atoms with E-state index in [1.807, 2.05) is 0 Å². The van der Waals surface area contributed by atoms with Crippen molar-refractivity contribution in [3.63, 3.8) is 0 Å². The van der Waals surface area contributed by atoms with Crippen molar-refractivity contribution in [2.45, 2.75) is 103 Å². The fraction of sp³-hybridized carbons (Fsp3) is 1.00. The van der Waals surface area contributed by atoms with E-state index in [2.05, 4.69) is 25.3 Å². The van der Waals surface area contributed by atoms with Gasteiger partial charge in [0.1, 0.15) is 13.2 Å². The van der Waals surface area contributed by atoms with Gasteiger partial charge in [-0.3, -0.25) is 0 Å². The van der Waals surface area contributed by atoms with Gasteiger partial charge in [0.25, 0.3) is 0 Å². The molecule has 0 bridgehead atoms. The summed E-state index contributed by atoms with van der Waals surface area (Å²) in [7, 11) is -1.91. The van der Waals surface area contributed by atoms with E-state index < -0.39 is 8.25 Å². The SMILES string of the molecule is O=[P+](OCCCCCCCCCCS)OCCCCCCCCCCS. The molecule has 0 fully saturated rings. The van der Waals surface area contributed by atoms with Crippen molar-refractivity contribution in [2.75, 3.05) is 24.7 Å². The Kier molecular flexibility index (Phi) is 24.4.